The minimum Gasteiger partial charge on any atom is -0.0683 e. The van der Waals surface area contributed by atoms with Gasteiger partial charge < -0.3 is 0 Å². The lowest BCUT2D eigenvalue weighted by Gasteiger charge is -2.31. The van der Waals surface area contributed by atoms with Crippen LogP contribution in [-0.2, 0) is 0 Å². The third-order valence-corrected chi connectivity index (χ3v) is 5.34. The number of hydrogen-bond acceptors (Lipinski definition) is 0. The van der Waals surface area contributed by atoms with Gasteiger partial charge in [-0.1, -0.05) is 27.7 Å². The van der Waals surface area contributed by atoms with E-state index >= 15 is 0 Å². The third kappa shape index (κ3) is 1.74. The molecule has 3 fully saturated rings. The molecule has 15 heavy (non-hydrogen) atoms. The molecule has 3 aliphatic carbocycles. The van der Waals surface area contributed by atoms with Crippen molar-refractivity contribution in [3.8, 4) is 0 Å². The first kappa shape index (κ1) is 11.5. The Kier molecular flexibility index (Phi) is 3.42. The minimum absolute atomic E-state index is 0.953. The van der Waals surface area contributed by atoms with Crippen molar-refractivity contribution in [3.05, 3.63) is 0 Å². The number of fused-ring (bicyclic) bond motifs is 5. The maximum absolute atomic E-state index is 2.44. The fourth-order valence-electron chi connectivity index (χ4n) is 4.91. The van der Waals surface area contributed by atoms with Gasteiger partial charge in [-0.2, -0.15) is 0 Å². The van der Waals surface area contributed by atoms with Crippen LogP contribution < -0.4 is 0 Å². The van der Waals surface area contributed by atoms with Crippen LogP contribution >= 0.6 is 0 Å². The van der Waals surface area contributed by atoms with Gasteiger partial charge in [0.1, 0.15) is 0 Å². The Morgan fingerprint density at radius 1 is 0.867 bits per heavy atom. The topological polar surface area (TPSA) is 0 Å². The minimum atomic E-state index is 0.953. The van der Waals surface area contributed by atoms with Crippen molar-refractivity contribution in [2.75, 3.05) is 0 Å². The van der Waals surface area contributed by atoms with E-state index in [1.165, 1.54) is 17.8 Å². The molecule has 0 aliphatic heterocycles. The summed E-state index contributed by atoms with van der Waals surface area (Å²) in [7, 11) is 0. The molecule has 5 atom stereocenters. The van der Waals surface area contributed by atoms with E-state index in [0.717, 1.165) is 17.8 Å². The van der Waals surface area contributed by atoms with Crippen LogP contribution in [-0.4, -0.2) is 0 Å². The monoisotopic (exact) mass is 208 g/mol. The molecule has 3 rings (SSSR count). The summed E-state index contributed by atoms with van der Waals surface area (Å²) in [5, 5.41) is 0. The smallest absolute Gasteiger partial charge is 0.0324 e. The van der Waals surface area contributed by atoms with Crippen molar-refractivity contribution in [2.24, 2.45) is 35.5 Å². The second kappa shape index (κ2) is 4.47. The predicted molar refractivity (Wildman–Crippen MR) is 66.7 cm³/mol. The Labute approximate surface area is 95.8 Å². The summed E-state index contributed by atoms with van der Waals surface area (Å²) in [5.41, 5.74) is 0. The molecular formula is C15H28. The Hall–Kier alpha value is 0. The molecule has 0 aromatic rings. The molecule has 0 spiro atoms. The molecule has 0 amide bonds. The van der Waals surface area contributed by atoms with Crippen molar-refractivity contribution in [1.29, 1.82) is 0 Å². The quantitative estimate of drug-likeness (QED) is 0.584. The summed E-state index contributed by atoms with van der Waals surface area (Å²) in [6.45, 7) is 8.89. The first-order valence-corrected chi connectivity index (χ1v) is 7.27. The molecule has 2 bridgehead atoms. The molecule has 5 unspecified atom stereocenters. The molecule has 0 N–H and O–H groups in total. The Morgan fingerprint density at radius 2 is 1.53 bits per heavy atom. The van der Waals surface area contributed by atoms with E-state index in [2.05, 4.69) is 13.8 Å². The highest BCUT2D eigenvalue weighted by molar-refractivity contribution is 5.02. The Morgan fingerprint density at radius 3 is 2.20 bits per heavy atom. The molecular weight excluding hydrogens is 180 g/mol. The van der Waals surface area contributed by atoms with E-state index in [1.807, 2.05) is 13.8 Å². The molecule has 0 nitrogen and oxygen atoms in total. The van der Waals surface area contributed by atoms with E-state index in [9.17, 15) is 0 Å². The maximum atomic E-state index is 2.44. The first-order valence-electron chi connectivity index (χ1n) is 7.27. The summed E-state index contributed by atoms with van der Waals surface area (Å²) in [5.74, 6) is 6.71. The average Bonchev–Trinajstić information content (AvgIpc) is 2.93. The van der Waals surface area contributed by atoms with Crippen LogP contribution in [0, 0.1) is 35.5 Å². The number of hydrogen-bond donors (Lipinski definition) is 0. The fraction of sp³-hybridized carbons (Fsp3) is 1.00. The molecule has 0 heterocycles. The van der Waals surface area contributed by atoms with Crippen LogP contribution in [0.4, 0.5) is 0 Å². The summed E-state index contributed by atoms with van der Waals surface area (Å²) < 4.78 is 0. The lowest BCUT2D eigenvalue weighted by molar-refractivity contribution is 0.178. The molecule has 3 saturated carbocycles. The molecule has 0 heteroatoms. The average molecular weight is 208 g/mol. The van der Waals surface area contributed by atoms with E-state index < -0.39 is 0 Å². The highest BCUT2D eigenvalue weighted by Gasteiger charge is 2.53. The van der Waals surface area contributed by atoms with Gasteiger partial charge >= 0.3 is 0 Å². The molecule has 0 radical (unpaired) electrons. The first-order chi connectivity index (χ1) is 7.27. The van der Waals surface area contributed by atoms with Crippen LogP contribution in [0.25, 0.3) is 0 Å². The summed E-state index contributed by atoms with van der Waals surface area (Å²) in [6.07, 6.45) is 7.90. The van der Waals surface area contributed by atoms with E-state index in [4.69, 9.17) is 0 Å². The van der Waals surface area contributed by atoms with Gasteiger partial charge in [-0.15, -0.1) is 0 Å². The van der Waals surface area contributed by atoms with Gasteiger partial charge in [-0.3, -0.25) is 0 Å². The summed E-state index contributed by atoms with van der Waals surface area (Å²) in [4.78, 5) is 0. The van der Waals surface area contributed by atoms with Gasteiger partial charge in [0.2, 0.25) is 0 Å². The zero-order valence-electron chi connectivity index (χ0n) is 11.0. The zero-order valence-corrected chi connectivity index (χ0v) is 11.0. The number of rotatable bonds is 1. The van der Waals surface area contributed by atoms with Gasteiger partial charge in [-0.25, -0.2) is 0 Å². The van der Waals surface area contributed by atoms with Crippen molar-refractivity contribution < 1.29 is 0 Å². The largest absolute Gasteiger partial charge is 0.0683 e. The second-order valence-electron chi connectivity index (χ2n) is 6.06. The molecule has 0 aromatic heterocycles. The maximum Gasteiger partial charge on any atom is -0.0324 e. The van der Waals surface area contributed by atoms with Gasteiger partial charge in [0.05, 0.1) is 0 Å². The van der Waals surface area contributed by atoms with Crippen molar-refractivity contribution in [2.45, 2.75) is 59.8 Å². The van der Waals surface area contributed by atoms with E-state index in [0.29, 0.717) is 0 Å². The van der Waals surface area contributed by atoms with E-state index in [-0.39, 0.29) is 0 Å². The van der Waals surface area contributed by atoms with Crippen molar-refractivity contribution >= 4 is 0 Å². The zero-order chi connectivity index (χ0) is 11.0. The molecule has 3 aliphatic rings. The van der Waals surface area contributed by atoms with Crippen LogP contribution in [0.15, 0.2) is 0 Å². The normalized spacial score (nSPS) is 46.6. The highest BCUT2D eigenvalue weighted by Crippen LogP contribution is 2.61. The van der Waals surface area contributed by atoms with Crippen LogP contribution in [0.3, 0.4) is 0 Å². The van der Waals surface area contributed by atoms with Gasteiger partial charge in [0, 0.05) is 0 Å². The van der Waals surface area contributed by atoms with Crippen molar-refractivity contribution in [3.63, 3.8) is 0 Å². The standard InChI is InChI=1S/C13H22.C2H6/c1-8(2)11-5-6-12-9-3-4-10(7-9)13(11)12;1-2/h8-13H,3-7H2,1-2H3;1-2H3. The van der Waals surface area contributed by atoms with Crippen LogP contribution in [0.2, 0.25) is 0 Å². The molecule has 0 saturated heterocycles. The van der Waals surface area contributed by atoms with Gasteiger partial charge in [0.15, 0.2) is 0 Å². The van der Waals surface area contributed by atoms with Crippen LogP contribution in [0.5, 0.6) is 0 Å². The fourth-order valence-corrected chi connectivity index (χ4v) is 4.91. The Balaban J connectivity index is 0.000000404. The highest BCUT2D eigenvalue weighted by atomic mass is 14.6. The SMILES string of the molecule is CC.CC(C)C1CCC2C3CCC(C3)C12. The van der Waals surface area contributed by atoms with E-state index in [1.54, 1.807) is 32.1 Å². The molecule has 88 valence electrons. The summed E-state index contributed by atoms with van der Waals surface area (Å²) >= 11 is 0. The molecule has 0 aromatic carbocycles. The van der Waals surface area contributed by atoms with Crippen LogP contribution in [0.1, 0.15) is 59.8 Å². The third-order valence-electron chi connectivity index (χ3n) is 5.34. The van der Waals surface area contributed by atoms with Gasteiger partial charge in [-0.05, 0) is 67.6 Å². The second-order valence-corrected chi connectivity index (χ2v) is 6.06. The summed E-state index contributed by atoms with van der Waals surface area (Å²) in [6, 6.07) is 0. The lowest BCUT2D eigenvalue weighted by Crippen LogP contribution is -2.24. The lowest BCUT2D eigenvalue weighted by atomic mass is 9.74. The predicted octanol–water partition coefficient (Wildman–Crippen LogP) is 4.74. The Bertz CT molecular complexity index is 206. The van der Waals surface area contributed by atoms with Crippen molar-refractivity contribution in [1.82, 2.24) is 0 Å². The van der Waals surface area contributed by atoms with Gasteiger partial charge in [0.25, 0.3) is 0 Å².